The van der Waals surface area contributed by atoms with Crippen molar-refractivity contribution in [3.8, 4) is 0 Å². The van der Waals surface area contributed by atoms with Gasteiger partial charge in [-0.3, -0.25) is 4.79 Å². The van der Waals surface area contributed by atoms with Gasteiger partial charge in [-0.15, -0.1) is 0 Å². The smallest absolute Gasteiger partial charge is 0.234 e. The van der Waals surface area contributed by atoms with Gasteiger partial charge in [-0.25, -0.2) is 0 Å². The Kier molecular flexibility index (Phi) is 3.19. The quantitative estimate of drug-likeness (QED) is 0.825. The van der Waals surface area contributed by atoms with E-state index in [4.69, 9.17) is 17.3 Å². The van der Waals surface area contributed by atoms with Crippen LogP contribution in [0, 0.1) is 5.41 Å². The van der Waals surface area contributed by atoms with Crippen LogP contribution < -0.4 is 11.1 Å². The molecular formula is C15H21ClN2O. The average Bonchev–Trinajstić information content (AvgIpc) is 2.50. The molecule has 1 unspecified atom stereocenters. The third-order valence-corrected chi connectivity index (χ3v) is 4.18. The highest BCUT2D eigenvalue weighted by molar-refractivity contribution is 6.35. The van der Waals surface area contributed by atoms with Gasteiger partial charge in [0.1, 0.15) is 0 Å². The van der Waals surface area contributed by atoms with E-state index >= 15 is 0 Å². The van der Waals surface area contributed by atoms with Gasteiger partial charge in [0.15, 0.2) is 0 Å². The third-order valence-electron chi connectivity index (χ3n) is 3.88. The van der Waals surface area contributed by atoms with Gasteiger partial charge in [0.25, 0.3) is 0 Å². The molecule has 1 aliphatic heterocycles. The molecule has 1 aromatic rings. The Labute approximate surface area is 119 Å². The summed E-state index contributed by atoms with van der Waals surface area (Å²) in [7, 11) is 0. The number of benzene rings is 1. The molecule has 0 bridgehead atoms. The summed E-state index contributed by atoms with van der Waals surface area (Å²) >= 11 is 6.29. The number of nitrogens with one attached hydrogen (secondary N) is 1. The number of halogens is 1. The molecule has 0 saturated heterocycles. The first-order valence-electron chi connectivity index (χ1n) is 6.46. The molecule has 0 aromatic heterocycles. The van der Waals surface area contributed by atoms with Crippen LogP contribution >= 0.6 is 11.6 Å². The number of rotatable bonds is 1. The van der Waals surface area contributed by atoms with Gasteiger partial charge in [0.2, 0.25) is 5.91 Å². The summed E-state index contributed by atoms with van der Waals surface area (Å²) in [6, 6.07) is 3.74. The van der Waals surface area contributed by atoms with E-state index in [2.05, 4.69) is 26.1 Å². The number of carbonyl (C=O) groups excluding carboxylic acids is 1. The highest BCUT2D eigenvalue weighted by Gasteiger charge is 2.40. The van der Waals surface area contributed by atoms with E-state index in [-0.39, 0.29) is 17.4 Å². The second-order valence-electron chi connectivity index (χ2n) is 6.85. The van der Waals surface area contributed by atoms with Crippen molar-refractivity contribution >= 4 is 23.2 Å². The number of carbonyl (C=O) groups is 1. The zero-order chi connectivity index (χ0) is 14.6. The van der Waals surface area contributed by atoms with Gasteiger partial charge >= 0.3 is 0 Å². The van der Waals surface area contributed by atoms with Crippen molar-refractivity contribution in [1.82, 2.24) is 0 Å². The Morgan fingerprint density at radius 3 is 2.42 bits per heavy atom. The fourth-order valence-corrected chi connectivity index (χ4v) is 2.59. The fourth-order valence-electron chi connectivity index (χ4n) is 2.32. The summed E-state index contributed by atoms with van der Waals surface area (Å²) < 4.78 is 0. The number of fused-ring (bicyclic) bond motifs is 1. The summed E-state index contributed by atoms with van der Waals surface area (Å²) in [5, 5.41) is 3.41. The maximum atomic E-state index is 12.0. The van der Waals surface area contributed by atoms with Crippen LogP contribution in [0.4, 0.5) is 5.69 Å². The molecule has 1 amide bonds. The van der Waals surface area contributed by atoms with Crippen LogP contribution in [-0.4, -0.2) is 5.91 Å². The second kappa shape index (κ2) is 4.22. The summed E-state index contributed by atoms with van der Waals surface area (Å²) in [5.41, 5.74) is 8.30. The maximum absolute atomic E-state index is 12.0. The Bertz CT molecular complexity index is 544. The van der Waals surface area contributed by atoms with Crippen molar-refractivity contribution in [3.05, 3.63) is 28.3 Å². The molecule has 3 nitrogen and oxygen atoms in total. The molecule has 104 valence electrons. The van der Waals surface area contributed by atoms with Crippen molar-refractivity contribution in [1.29, 1.82) is 0 Å². The number of anilines is 1. The lowest BCUT2D eigenvalue weighted by Crippen LogP contribution is -2.28. The molecule has 1 heterocycles. The Balaban J connectivity index is 2.57. The number of hydrogen-bond donors (Lipinski definition) is 2. The minimum Gasteiger partial charge on any atom is -0.324 e. The van der Waals surface area contributed by atoms with Crippen LogP contribution in [0.1, 0.15) is 51.8 Å². The van der Waals surface area contributed by atoms with Crippen LogP contribution in [0.25, 0.3) is 0 Å². The van der Waals surface area contributed by atoms with Gasteiger partial charge in [0.05, 0.1) is 16.1 Å². The molecule has 1 aromatic carbocycles. The lowest BCUT2D eigenvalue weighted by molar-refractivity contribution is -0.119. The third kappa shape index (κ3) is 2.26. The van der Waals surface area contributed by atoms with E-state index < -0.39 is 5.41 Å². The molecule has 0 aliphatic carbocycles. The van der Waals surface area contributed by atoms with E-state index in [9.17, 15) is 4.79 Å². The van der Waals surface area contributed by atoms with Crippen LogP contribution in [0.5, 0.6) is 0 Å². The van der Waals surface area contributed by atoms with Crippen LogP contribution in [0.2, 0.25) is 5.02 Å². The molecule has 19 heavy (non-hydrogen) atoms. The Hall–Kier alpha value is -1.06. The second-order valence-corrected chi connectivity index (χ2v) is 7.26. The zero-order valence-electron chi connectivity index (χ0n) is 12.1. The highest BCUT2D eigenvalue weighted by Crippen LogP contribution is 2.44. The molecule has 1 aliphatic rings. The highest BCUT2D eigenvalue weighted by atomic mass is 35.5. The molecule has 1 atom stereocenters. The number of amides is 1. The first kappa shape index (κ1) is 14.4. The van der Waals surface area contributed by atoms with Crippen LogP contribution in [0.3, 0.4) is 0 Å². The topological polar surface area (TPSA) is 55.1 Å². The average molecular weight is 281 g/mol. The van der Waals surface area contributed by atoms with Gasteiger partial charge in [-0.05, 0) is 36.5 Å². The molecule has 3 N–H and O–H groups in total. The van der Waals surface area contributed by atoms with E-state index in [1.807, 2.05) is 26.0 Å². The molecule has 0 fully saturated rings. The number of hydrogen-bond acceptors (Lipinski definition) is 2. The van der Waals surface area contributed by atoms with Crippen molar-refractivity contribution in [2.45, 2.75) is 46.1 Å². The van der Waals surface area contributed by atoms with Gasteiger partial charge in [-0.1, -0.05) is 38.4 Å². The molecule has 0 radical (unpaired) electrons. The standard InChI is InChI=1S/C15H21ClN2O/c1-14(2,3)12(17)8-6-9-11(10(16)7-8)18-13(19)15(9,4)5/h6-7,12H,17H2,1-5H3,(H,18,19). The first-order chi connectivity index (χ1) is 8.55. The molecule has 2 rings (SSSR count). The summed E-state index contributed by atoms with van der Waals surface area (Å²) in [4.78, 5) is 12.0. The number of nitrogens with two attached hydrogens (primary N) is 1. The minimum atomic E-state index is -0.563. The van der Waals surface area contributed by atoms with Crippen LogP contribution in [-0.2, 0) is 10.2 Å². The van der Waals surface area contributed by atoms with Crippen molar-refractivity contribution in [3.63, 3.8) is 0 Å². The molecular weight excluding hydrogens is 260 g/mol. The lowest BCUT2D eigenvalue weighted by Gasteiger charge is -2.28. The largest absolute Gasteiger partial charge is 0.324 e. The van der Waals surface area contributed by atoms with E-state index in [0.29, 0.717) is 5.02 Å². The predicted octanol–water partition coefficient (Wildman–Crippen LogP) is 3.62. The zero-order valence-corrected chi connectivity index (χ0v) is 12.9. The van der Waals surface area contributed by atoms with Crippen molar-refractivity contribution in [2.75, 3.05) is 5.32 Å². The van der Waals surface area contributed by atoms with Crippen molar-refractivity contribution in [2.24, 2.45) is 11.1 Å². The molecule has 0 saturated carbocycles. The summed E-state index contributed by atoms with van der Waals surface area (Å²) in [6.45, 7) is 10.1. The van der Waals surface area contributed by atoms with E-state index in [1.54, 1.807) is 0 Å². The van der Waals surface area contributed by atoms with Crippen LogP contribution in [0.15, 0.2) is 12.1 Å². The summed E-state index contributed by atoms with van der Waals surface area (Å²) in [6.07, 6.45) is 0. The molecule has 0 spiro atoms. The first-order valence-corrected chi connectivity index (χ1v) is 6.84. The maximum Gasteiger partial charge on any atom is 0.234 e. The predicted molar refractivity (Wildman–Crippen MR) is 79.5 cm³/mol. The summed E-state index contributed by atoms with van der Waals surface area (Å²) in [5.74, 6) is -0.0223. The minimum absolute atomic E-state index is 0.0223. The molecule has 4 heteroatoms. The Morgan fingerprint density at radius 1 is 1.32 bits per heavy atom. The fraction of sp³-hybridized carbons (Fsp3) is 0.533. The lowest BCUT2D eigenvalue weighted by atomic mass is 9.80. The van der Waals surface area contributed by atoms with Crippen molar-refractivity contribution < 1.29 is 4.79 Å². The van der Waals surface area contributed by atoms with Gasteiger partial charge in [-0.2, -0.15) is 0 Å². The van der Waals surface area contributed by atoms with E-state index in [0.717, 1.165) is 16.8 Å². The Morgan fingerprint density at radius 2 is 1.89 bits per heavy atom. The van der Waals surface area contributed by atoms with Gasteiger partial charge < -0.3 is 11.1 Å². The normalized spacial score (nSPS) is 19.0. The SMILES string of the molecule is CC1(C)C(=O)Nc2c(Cl)cc(C(N)C(C)(C)C)cc21. The monoisotopic (exact) mass is 280 g/mol. The van der Waals surface area contributed by atoms with Gasteiger partial charge in [0, 0.05) is 6.04 Å². The van der Waals surface area contributed by atoms with E-state index in [1.165, 1.54) is 0 Å².